The Kier molecular flexibility index (Phi) is 8.81. The average Bonchev–Trinajstić information content (AvgIpc) is 2.97. The predicted octanol–water partition coefficient (Wildman–Crippen LogP) is 3.61. The van der Waals surface area contributed by atoms with Gasteiger partial charge >= 0.3 is 12.4 Å². The molecule has 2 saturated heterocycles. The molecule has 1 amide bonds. The van der Waals surface area contributed by atoms with E-state index in [1.54, 1.807) is 34.1 Å². The Bertz CT molecular complexity index is 1520. The molecule has 1 atom stereocenters. The van der Waals surface area contributed by atoms with Crippen LogP contribution in [0.5, 0.6) is 5.75 Å². The number of hydrogen-bond acceptors (Lipinski definition) is 8. The Hall–Kier alpha value is -4.21. The number of nitrogens with zero attached hydrogens (tertiary/aromatic N) is 7. The van der Waals surface area contributed by atoms with Gasteiger partial charge in [0.25, 0.3) is 5.56 Å². The number of alkyl halides is 6. The highest BCUT2D eigenvalue weighted by Gasteiger charge is 2.39. The van der Waals surface area contributed by atoms with Crippen LogP contribution >= 0.6 is 0 Å². The quantitative estimate of drug-likeness (QED) is 0.351. The van der Waals surface area contributed by atoms with Crippen LogP contribution in [0.25, 0.3) is 0 Å². The van der Waals surface area contributed by atoms with Gasteiger partial charge in [-0.3, -0.25) is 14.5 Å². The first-order valence-corrected chi connectivity index (χ1v) is 13.8. The number of amides is 1. The highest BCUT2D eigenvalue weighted by molar-refractivity contribution is 5.76. The number of carbonyl (C=O) groups excluding carboxylic acids is 1. The molecule has 2 aromatic heterocycles. The summed E-state index contributed by atoms with van der Waals surface area (Å²) in [6.07, 6.45) is -7.32. The smallest absolute Gasteiger partial charge is 0.421 e. The van der Waals surface area contributed by atoms with E-state index in [0.717, 1.165) is 23.1 Å². The molecule has 44 heavy (non-hydrogen) atoms. The Balaban J connectivity index is 1.20. The zero-order valence-corrected chi connectivity index (χ0v) is 23.6. The lowest BCUT2D eigenvalue weighted by atomic mass is 9.98. The molecule has 1 unspecified atom stereocenters. The van der Waals surface area contributed by atoms with Crippen molar-refractivity contribution in [2.75, 3.05) is 51.3 Å². The van der Waals surface area contributed by atoms with Crippen molar-refractivity contribution < 1.29 is 35.9 Å². The van der Waals surface area contributed by atoms with Crippen LogP contribution in [0.2, 0.25) is 0 Å². The van der Waals surface area contributed by atoms with Gasteiger partial charge in [-0.05, 0) is 30.2 Å². The highest BCUT2D eigenvalue weighted by Crippen LogP contribution is 2.35. The summed E-state index contributed by atoms with van der Waals surface area (Å²) >= 11 is 0. The lowest BCUT2D eigenvalue weighted by molar-refractivity contribution is -0.139. The van der Waals surface area contributed by atoms with Gasteiger partial charge in [0.1, 0.15) is 11.3 Å². The van der Waals surface area contributed by atoms with E-state index >= 15 is 0 Å². The zero-order valence-electron chi connectivity index (χ0n) is 23.6. The number of anilines is 1. The number of hydrogen-bond donors (Lipinski definition) is 0. The number of rotatable bonds is 8. The molecule has 236 valence electrons. The van der Waals surface area contributed by atoms with Crippen molar-refractivity contribution >= 4 is 11.9 Å². The molecule has 16 heteroatoms. The van der Waals surface area contributed by atoms with Crippen molar-refractivity contribution in [2.45, 2.75) is 37.8 Å². The van der Waals surface area contributed by atoms with E-state index in [1.165, 1.54) is 7.11 Å². The van der Waals surface area contributed by atoms with Gasteiger partial charge < -0.3 is 14.5 Å². The summed E-state index contributed by atoms with van der Waals surface area (Å²) in [5.74, 6) is 0.554. The second-order valence-corrected chi connectivity index (χ2v) is 10.5. The molecular formula is C28H29F6N7O3. The number of ether oxygens (including phenoxy) is 1. The van der Waals surface area contributed by atoms with Gasteiger partial charge in [-0.2, -0.15) is 31.4 Å². The molecule has 2 fully saturated rings. The minimum absolute atomic E-state index is 0.106. The van der Waals surface area contributed by atoms with E-state index < -0.39 is 35.1 Å². The van der Waals surface area contributed by atoms with E-state index in [0.29, 0.717) is 50.5 Å². The molecule has 2 aliphatic rings. The van der Waals surface area contributed by atoms with E-state index in [1.807, 2.05) is 4.90 Å². The molecule has 5 rings (SSSR count). The molecule has 0 saturated carbocycles. The van der Waals surface area contributed by atoms with Gasteiger partial charge in [-0.25, -0.2) is 14.6 Å². The number of halogens is 6. The van der Waals surface area contributed by atoms with Gasteiger partial charge in [0, 0.05) is 58.1 Å². The van der Waals surface area contributed by atoms with Crippen LogP contribution in [0.15, 0.2) is 47.5 Å². The van der Waals surface area contributed by atoms with Crippen LogP contribution in [0, 0.1) is 0 Å². The van der Waals surface area contributed by atoms with E-state index in [-0.39, 0.29) is 37.1 Å². The van der Waals surface area contributed by atoms with E-state index in [9.17, 15) is 35.9 Å². The summed E-state index contributed by atoms with van der Waals surface area (Å²) in [5.41, 5.74) is -2.80. The van der Waals surface area contributed by atoms with Crippen LogP contribution in [0.3, 0.4) is 0 Å². The number of carbonyl (C=O) groups is 1. The van der Waals surface area contributed by atoms with Crippen LogP contribution < -0.4 is 15.2 Å². The second-order valence-electron chi connectivity index (χ2n) is 10.5. The molecule has 2 aliphatic heterocycles. The fourth-order valence-corrected chi connectivity index (χ4v) is 5.17. The van der Waals surface area contributed by atoms with Crippen LogP contribution in [-0.4, -0.2) is 81.8 Å². The Morgan fingerprint density at radius 1 is 0.955 bits per heavy atom. The minimum Gasteiger partial charge on any atom is -0.497 e. The third-order valence-corrected chi connectivity index (χ3v) is 7.76. The zero-order chi connectivity index (χ0) is 31.6. The summed E-state index contributed by atoms with van der Waals surface area (Å²) in [6, 6.07) is 6.88. The third kappa shape index (κ3) is 6.95. The number of methoxy groups -OCH3 is 1. The summed E-state index contributed by atoms with van der Waals surface area (Å²) in [5, 5.41) is 4.29. The monoisotopic (exact) mass is 625 g/mol. The summed E-state index contributed by atoms with van der Waals surface area (Å²) < 4.78 is 85.7. The first kappa shape index (κ1) is 31.2. The number of aromatic nitrogens is 4. The molecule has 1 aromatic carbocycles. The fourth-order valence-electron chi connectivity index (χ4n) is 5.17. The maximum absolute atomic E-state index is 13.8. The van der Waals surface area contributed by atoms with E-state index in [2.05, 4.69) is 15.1 Å². The maximum atomic E-state index is 13.8. The highest BCUT2D eigenvalue weighted by atomic mass is 19.4. The SMILES string of the molecule is COc1ccc(Cn2nc(C3CCN3CCC(=O)N3CCN(c4ncc(C(F)(F)F)cn4)CC3)cc(C(F)(F)F)c2=O)cc1. The summed E-state index contributed by atoms with van der Waals surface area (Å²) in [6.45, 7) is 1.99. The first-order valence-electron chi connectivity index (χ1n) is 13.8. The lowest BCUT2D eigenvalue weighted by Crippen LogP contribution is -2.50. The predicted molar refractivity (Wildman–Crippen MR) is 145 cm³/mol. The summed E-state index contributed by atoms with van der Waals surface area (Å²) in [7, 11) is 1.49. The molecule has 4 heterocycles. The van der Waals surface area contributed by atoms with Gasteiger partial charge in [-0.15, -0.1) is 0 Å². The first-order chi connectivity index (χ1) is 20.8. The molecule has 0 spiro atoms. The van der Waals surface area contributed by atoms with Crippen molar-refractivity contribution in [3.8, 4) is 5.75 Å². The normalized spacial score (nSPS) is 17.8. The molecule has 0 aliphatic carbocycles. The maximum Gasteiger partial charge on any atom is 0.421 e. The number of likely N-dealkylation sites (tertiary alicyclic amines) is 1. The van der Waals surface area contributed by atoms with Crippen molar-refractivity contribution in [3.05, 3.63) is 75.5 Å². The topological polar surface area (TPSA) is 96.7 Å². The van der Waals surface area contributed by atoms with Crippen molar-refractivity contribution in [1.82, 2.24) is 29.5 Å². The van der Waals surface area contributed by atoms with Crippen molar-refractivity contribution in [1.29, 1.82) is 0 Å². The molecule has 10 nitrogen and oxygen atoms in total. The standard InChI is InChI=1S/C28H29F6N7O3/c1-44-20-4-2-18(3-5-20)17-41-25(43)21(28(32,33)34)14-22(37-41)23-6-8-38(23)9-7-24(42)39-10-12-40(13-11-39)26-35-15-19(16-36-26)27(29,30)31/h2-5,14-16,23H,6-13,17H2,1H3. The molecule has 3 aromatic rings. The minimum atomic E-state index is -4.87. The Morgan fingerprint density at radius 2 is 1.61 bits per heavy atom. The lowest BCUT2D eigenvalue weighted by Gasteiger charge is -2.41. The Morgan fingerprint density at radius 3 is 2.16 bits per heavy atom. The average molecular weight is 626 g/mol. The molecular weight excluding hydrogens is 596 g/mol. The largest absolute Gasteiger partial charge is 0.497 e. The van der Waals surface area contributed by atoms with Crippen LogP contribution in [0.4, 0.5) is 32.3 Å². The van der Waals surface area contributed by atoms with Gasteiger partial charge in [-0.1, -0.05) is 12.1 Å². The third-order valence-electron chi connectivity index (χ3n) is 7.76. The fraction of sp³-hybridized carbons (Fsp3) is 0.464. The second kappa shape index (κ2) is 12.4. The van der Waals surface area contributed by atoms with Gasteiger partial charge in [0.05, 0.1) is 31.0 Å². The molecule has 0 radical (unpaired) electrons. The number of benzene rings is 1. The Labute approximate surface area is 247 Å². The van der Waals surface area contributed by atoms with Crippen molar-refractivity contribution in [3.63, 3.8) is 0 Å². The summed E-state index contributed by atoms with van der Waals surface area (Å²) in [4.78, 5) is 38.4. The van der Waals surface area contributed by atoms with Crippen molar-refractivity contribution in [2.24, 2.45) is 0 Å². The number of piperazine rings is 1. The van der Waals surface area contributed by atoms with Gasteiger partial charge in [0.2, 0.25) is 11.9 Å². The molecule has 0 N–H and O–H groups in total. The van der Waals surface area contributed by atoms with Crippen LogP contribution in [0.1, 0.15) is 41.3 Å². The van der Waals surface area contributed by atoms with E-state index in [4.69, 9.17) is 4.74 Å². The van der Waals surface area contributed by atoms with Crippen LogP contribution in [-0.2, 0) is 23.7 Å². The molecule has 0 bridgehead atoms. The van der Waals surface area contributed by atoms with Gasteiger partial charge in [0.15, 0.2) is 0 Å².